The molecule has 0 radical (unpaired) electrons. The number of rotatable bonds is 3. The van der Waals surface area contributed by atoms with Gasteiger partial charge in [0.2, 0.25) is 5.91 Å². The number of nitrogens with one attached hydrogen (secondary N) is 2. The van der Waals surface area contributed by atoms with Gasteiger partial charge in [0.25, 0.3) is 0 Å². The Kier molecular flexibility index (Phi) is 3.69. The van der Waals surface area contributed by atoms with Gasteiger partial charge in [-0.25, -0.2) is 0 Å². The molecule has 118 valence electrons. The molecule has 3 aliphatic rings. The third kappa shape index (κ3) is 2.56. The highest BCUT2D eigenvalue weighted by molar-refractivity contribution is 5.82. The summed E-state index contributed by atoms with van der Waals surface area (Å²) < 4.78 is 0. The van der Waals surface area contributed by atoms with Crippen molar-refractivity contribution in [2.75, 3.05) is 0 Å². The first-order chi connectivity index (χ1) is 10.7. The Morgan fingerprint density at radius 2 is 2.05 bits per heavy atom. The van der Waals surface area contributed by atoms with Gasteiger partial charge in [-0.15, -0.1) is 0 Å². The van der Waals surface area contributed by atoms with Crippen molar-refractivity contribution >= 4 is 5.91 Å². The Bertz CT molecular complexity index is 570. The highest BCUT2D eigenvalue weighted by Gasteiger charge is 2.42. The minimum atomic E-state index is -0.0732. The first kappa shape index (κ1) is 14.3. The molecule has 2 bridgehead atoms. The van der Waals surface area contributed by atoms with E-state index in [0.29, 0.717) is 12.0 Å². The second-order valence-corrected chi connectivity index (χ2v) is 7.54. The molecule has 1 aliphatic heterocycles. The summed E-state index contributed by atoms with van der Waals surface area (Å²) in [6.45, 7) is 3.01. The van der Waals surface area contributed by atoms with Crippen LogP contribution in [0.4, 0.5) is 0 Å². The Hall–Kier alpha value is -1.35. The van der Waals surface area contributed by atoms with E-state index in [-0.39, 0.29) is 11.9 Å². The van der Waals surface area contributed by atoms with Gasteiger partial charge in [-0.3, -0.25) is 4.79 Å². The largest absolute Gasteiger partial charge is 0.352 e. The summed E-state index contributed by atoms with van der Waals surface area (Å²) in [7, 11) is 0. The molecule has 1 amide bonds. The summed E-state index contributed by atoms with van der Waals surface area (Å²) in [4.78, 5) is 12.6. The average molecular weight is 298 g/mol. The number of carbonyl (C=O) groups excluding carboxylic acids is 1. The molecule has 2 saturated carbocycles. The number of fused-ring (bicyclic) bond motifs is 3. The molecule has 1 heterocycles. The van der Waals surface area contributed by atoms with E-state index in [4.69, 9.17) is 0 Å². The van der Waals surface area contributed by atoms with E-state index in [9.17, 15) is 4.79 Å². The van der Waals surface area contributed by atoms with Crippen molar-refractivity contribution in [2.24, 2.45) is 17.8 Å². The molecule has 0 spiro atoms. The zero-order chi connectivity index (χ0) is 15.1. The Morgan fingerprint density at radius 1 is 1.23 bits per heavy atom. The molecular weight excluding hydrogens is 272 g/mol. The van der Waals surface area contributed by atoms with Gasteiger partial charge in [-0.1, -0.05) is 30.7 Å². The smallest absolute Gasteiger partial charge is 0.237 e. The highest BCUT2D eigenvalue weighted by Crippen LogP contribution is 2.49. The van der Waals surface area contributed by atoms with Gasteiger partial charge in [0, 0.05) is 12.6 Å². The van der Waals surface area contributed by atoms with Crippen LogP contribution in [0.5, 0.6) is 0 Å². The lowest BCUT2D eigenvalue weighted by molar-refractivity contribution is -0.124. The lowest BCUT2D eigenvalue weighted by Gasteiger charge is -2.31. The molecule has 2 aliphatic carbocycles. The van der Waals surface area contributed by atoms with E-state index in [0.717, 1.165) is 24.8 Å². The average Bonchev–Trinajstić information content (AvgIpc) is 3.17. The lowest BCUT2D eigenvalue weighted by atomic mass is 9.84. The van der Waals surface area contributed by atoms with Crippen LogP contribution in [0.15, 0.2) is 24.3 Å². The number of hydrogen-bond donors (Lipinski definition) is 2. The van der Waals surface area contributed by atoms with Crippen LogP contribution >= 0.6 is 0 Å². The van der Waals surface area contributed by atoms with Crippen molar-refractivity contribution in [1.29, 1.82) is 0 Å². The summed E-state index contributed by atoms with van der Waals surface area (Å²) in [5.74, 6) is 2.69. The fraction of sp³-hybridized carbons (Fsp3) is 0.632. The Morgan fingerprint density at radius 3 is 2.77 bits per heavy atom. The zero-order valence-corrected chi connectivity index (χ0v) is 13.3. The summed E-state index contributed by atoms with van der Waals surface area (Å²) >= 11 is 0. The van der Waals surface area contributed by atoms with Gasteiger partial charge < -0.3 is 10.6 Å². The minimum Gasteiger partial charge on any atom is -0.352 e. The maximum Gasteiger partial charge on any atom is 0.237 e. The molecule has 22 heavy (non-hydrogen) atoms. The molecule has 0 aromatic heterocycles. The predicted octanol–water partition coefficient (Wildman–Crippen LogP) is 2.64. The topological polar surface area (TPSA) is 41.1 Å². The van der Waals surface area contributed by atoms with Gasteiger partial charge in [-0.2, -0.15) is 0 Å². The van der Waals surface area contributed by atoms with Gasteiger partial charge in [0.15, 0.2) is 0 Å². The first-order valence-corrected chi connectivity index (χ1v) is 8.81. The SMILES string of the molecule is CC(NC(=O)C1Cc2ccccc2CN1)C1CC2CCC1C2. The van der Waals surface area contributed by atoms with Gasteiger partial charge in [0.1, 0.15) is 0 Å². The molecule has 1 aromatic carbocycles. The van der Waals surface area contributed by atoms with E-state index in [1.54, 1.807) is 0 Å². The number of benzene rings is 1. The number of amides is 1. The Balaban J connectivity index is 1.37. The predicted molar refractivity (Wildman–Crippen MR) is 87.3 cm³/mol. The molecule has 1 aromatic rings. The van der Waals surface area contributed by atoms with Crippen LogP contribution in [0.2, 0.25) is 0 Å². The molecule has 3 heteroatoms. The van der Waals surface area contributed by atoms with Crippen LogP contribution < -0.4 is 10.6 Å². The van der Waals surface area contributed by atoms with Crippen molar-refractivity contribution in [2.45, 2.75) is 57.7 Å². The molecule has 2 N–H and O–H groups in total. The van der Waals surface area contributed by atoms with Crippen LogP contribution in [-0.2, 0) is 17.8 Å². The van der Waals surface area contributed by atoms with Gasteiger partial charge in [0.05, 0.1) is 6.04 Å². The fourth-order valence-corrected chi connectivity index (χ4v) is 4.98. The Labute approximate surface area is 132 Å². The lowest BCUT2D eigenvalue weighted by Crippen LogP contribution is -2.51. The summed E-state index contributed by atoms with van der Waals surface area (Å²) in [5.41, 5.74) is 2.64. The van der Waals surface area contributed by atoms with E-state index in [1.807, 2.05) is 0 Å². The standard InChI is InChI=1S/C19H26N2O/c1-12(17-9-13-6-7-15(17)8-13)21-19(22)18-10-14-4-2-3-5-16(14)11-20-18/h2-5,12-13,15,17-18,20H,6-11H2,1H3,(H,21,22). The third-order valence-corrected chi connectivity index (χ3v) is 6.20. The molecule has 5 unspecified atom stereocenters. The summed E-state index contributed by atoms with van der Waals surface area (Å²) in [6, 6.07) is 8.68. The number of hydrogen-bond acceptors (Lipinski definition) is 2. The van der Waals surface area contributed by atoms with Crippen molar-refractivity contribution < 1.29 is 4.79 Å². The normalized spacial score (nSPS) is 34.2. The molecule has 4 rings (SSSR count). The molecule has 0 saturated heterocycles. The zero-order valence-electron chi connectivity index (χ0n) is 13.3. The maximum absolute atomic E-state index is 12.6. The summed E-state index contributed by atoms with van der Waals surface area (Å²) in [5, 5.41) is 6.70. The molecule has 3 nitrogen and oxygen atoms in total. The quantitative estimate of drug-likeness (QED) is 0.901. The van der Waals surface area contributed by atoms with Gasteiger partial charge >= 0.3 is 0 Å². The van der Waals surface area contributed by atoms with Crippen molar-refractivity contribution in [3.63, 3.8) is 0 Å². The van der Waals surface area contributed by atoms with Crippen LogP contribution in [0.25, 0.3) is 0 Å². The van der Waals surface area contributed by atoms with E-state index in [2.05, 4.69) is 41.8 Å². The molecule has 5 atom stereocenters. The van der Waals surface area contributed by atoms with E-state index < -0.39 is 0 Å². The van der Waals surface area contributed by atoms with Crippen LogP contribution in [0, 0.1) is 17.8 Å². The van der Waals surface area contributed by atoms with Crippen molar-refractivity contribution in [3.8, 4) is 0 Å². The second-order valence-electron chi connectivity index (χ2n) is 7.54. The van der Waals surface area contributed by atoms with E-state index >= 15 is 0 Å². The van der Waals surface area contributed by atoms with Crippen LogP contribution in [0.3, 0.4) is 0 Å². The maximum atomic E-state index is 12.6. The molecular formula is C19H26N2O. The van der Waals surface area contributed by atoms with Crippen molar-refractivity contribution in [1.82, 2.24) is 10.6 Å². The highest BCUT2D eigenvalue weighted by atomic mass is 16.2. The summed E-state index contributed by atoms with van der Waals surface area (Å²) in [6.07, 6.45) is 6.34. The van der Waals surface area contributed by atoms with Crippen LogP contribution in [-0.4, -0.2) is 18.0 Å². The third-order valence-electron chi connectivity index (χ3n) is 6.20. The molecule has 2 fully saturated rings. The second kappa shape index (κ2) is 5.69. The van der Waals surface area contributed by atoms with Crippen LogP contribution in [0.1, 0.15) is 43.7 Å². The number of carbonyl (C=O) groups is 1. The monoisotopic (exact) mass is 298 g/mol. The van der Waals surface area contributed by atoms with Crippen molar-refractivity contribution in [3.05, 3.63) is 35.4 Å². The minimum absolute atomic E-state index is 0.0732. The first-order valence-electron chi connectivity index (χ1n) is 8.81. The van der Waals surface area contributed by atoms with Gasteiger partial charge in [-0.05, 0) is 61.5 Å². The van der Waals surface area contributed by atoms with E-state index in [1.165, 1.54) is 36.8 Å². The fourth-order valence-electron chi connectivity index (χ4n) is 4.98.